The number of pyridine rings is 1. The van der Waals surface area contributed by atoms with Gasteiger partial charge in [0, 0.05) is 24.7 Å². The quantitative estimate of drug-likeness (QED) is 0.502. The van der Waals surface area contributed by atoms with Gasteiger partial charge in [0.15, 0.2) is 5.82 Å². The van der Waals surface area contributed by atoms with Crippen LogP contribution >= 0.6 is 0 Å². The Morgan fingerprint density at radius 2 is 2.14 bits per heavy atom. The number of carbonyl (C=O) groups is 1. The first-order valence-corrected chi connectivity index (χ1v) is 9.13. The van der Waals surface area contributed by atoms with Crippen LogP contribution in [0.4, 0.5) is 16.4 Å². The number of hydrogen-bond donors (Lipinski definition) is 4. The molecule has 0 aliphatic carbocycles. The number of hydrogen-bond acceptors (Lipinski definition) is 6. The summed E-state index contributed by atoms with van der Waals surface area (Å²) in [5.41, 5.74) is 9.21. The molecule has 0 atom stereocenters. The van der Waals surface area contributed by atoms with E-state index in [1.54, 1.807) is 18.3 Å². The fourth-order valence-electron chi connectivity index (χ4n) is 3.20. The zero-order valence-corrected chi connectivity index (χ0v) is 15.6. The SMILES string of the molecule is Nc1n[nH]c2c(C#CCN3CCOCC3)cc(-c3ccnc(NC(=O)O)c3)cc12. The van der Waals surface area contributed by atoms with Gasteiger partial charge in [0.25, 0.3) is 0 Å². The number of benzene rings is 1. The lowest BCUT2D eigenvalue weighted by molar-refractivity contribution is 0.0443. The molecular weight excluding hydrogens is 372 g/mol. The number of H-pyrrole nitrogens is 1. The average molecular weight is 392 g/mol. The lowest BCUT2D eigenvalue weighted by Gasteiger charge is -2.24. The van der Waals surface area contributed by atoms with E-state index in [-0.39, 0.29) is 5.82 Å². The van der Waals surface area contributed by atoms with Crippen LogP contribution in [0, 0.1) is 11.8 Å². The Balaban J connectivity index is 1.69. The summed E-state index contributed by atoms with van der Waals surface area (Å²) >= 11 is 0. The molecule has 1 saturated heterocycles. The minimum atomic E-state index is -1.17. The molecule has 148 valence electrons. The maximum absolute atomic E-state index is 10.9. The number of morpholine rings is 1. The highest BCUT2D eigenvalue weighted by molar-refractivity contribution is 5.96. The second-order valence-corrected chi connectivity index (χ2v) is 6.61. The van der Waals surface area contributed by atoms with Crippen LogP contribution in [0.15, 0.2) is 30.5 Å². The van der Waals surface area contributed by atoms with E-state index in [0.717, 1.165) is 53.9 Å². The highest BCUT2D eigenvalue weighted by atomic mass is 16.5. The number of carboxylic acid groups (broad SMARTS) is 1. The van der Waals surface area contributed by atoms with Crippen molar-refractivity contribution in [3.63, 3.8) is 0 Å². The van der Waals surface area contributed by atoms with Gasteiger partial charge in [-0.2, -0.15) is 5.10 Å². The fraction of sp³-hybridized carbons (Fsp3) is 0.250. The summed E-state index contributed by atoms with van der Waals surface area (Å²) in [5.74, 6) is 7.07. The van der Waals surface area contributed by atoms with E-state index in [1.807, 2.05) is 12.1 Å². The summed E-state index contributed by atoms with van der Waals surface area (Å²) in [6.45, 7) is 3.86. The molecule has 1 aliphatic rings. The summed E-state index contributed by atoms with van der Waals surface area (Å²) in [7, 11) is 0. The highest BCUT2D eigenvalue weighted by Gasteiger charge is 2.12. The summed E-state index contributed by atoms with van der Waals surface area (Å²) in [6, 6.07) is 7.30. The van der Waals surface area contributed by atoms with Gasteiger partial charge in [-0.1, -0.05) is 11.8 Å². The molecule has 9 heteroatoms. The standard InChI is InChI=1S/C20H20N6O3/c21-19-16-11-15(13-3-4-22-17(12-13)23-20(27)28)10-14(18(16)24-25-19)2-1-5-26-6-8-29-9-7-26/h3-4,10-12H,5-9H2,(H,22,23)(H,27,28)(H3,21,24,25). The predicted molar refractivity (Wildman–Crippen MR) is 110 cm³/mol. The number of amides is 1. The third-order valence-corrected chi connectivity index (χ3v) is 4.66. The van der Waals surface area contributed by atoms with Crippen molar-refractivity contribution in [1.82, 2.24) is 20.1 Å². The van der Waals surface area contributed by atoms with Crippen molar-refractivity contribution in [3.8, 4) is 23.0 Å². The molecule has 1 aromatic carbocycles. The van der Waals surface area contributed by atoms with E-state index >= 15 is 0 Å². The zero-order valence-electron chi connectivity index (χ0n) is 15.6. The lowest BCUT2D eigenvalue weighted by atomic mass is 10.0. The van der Waals surface area contributed by atoms with Crippen LogP contribution in [0.25, 0.3) is 22.0 Å². The first-order chi connectivity index (χ1) is 14.1. The lowest BCUT2D eigenvalue weighted by Crippen LogP contribution is -2.36. The van der Waals surface area contributed by atoms with Gasteiger partial charge in [-0.25, -0.2) is 9.78 Å². The Morgan fingerprint density at radius 3 is 2.93 bits per heavy atom. The van der Waals surface area contributed by atoms with Gasteiger partial charge in [-0.05, 0) is 35.4 Å². The monoisotopic (exact) mass is 392 g/mol. The summed E-state index contributed by atoms with van der Waals surface area (Å²) < 4.78 is 5.36. The molecule has 3 aromatic rings. The second kappa shape index (κ2) is 8.18. The van der Waals surface area contributed by atoms with Crippen LogP contribution in [0.1, 0.15) is 5.56 Å². The van der Waals surface area contributed by atoms with Crippen molar-refractivity contribution in [2.45, 2.75) is 0 Å². The Kier molecular flexibility index (Phi) is 5.29. The average Bonchev–Trinajstić information content (AvgIpc) is 3.09. The summed E-state index contributed by atoms with van der Waals surface area (Å²) in [5, 5.41) is 19.0. The van der Waals surface area contributed by atoms with Gasteiger partial charge in [-0.3, -0.25) is 15.3 Å². The van der Waals surface area contributed by atoms with Crippen molar-refractivity contribution in [2.24, 2.45) is 0 Å². The van der Waals surface area contributed by atoms with Crippen molar-refractivity contribution in [1.29, 1.82) is 0 Å². The fourth-order valence-corrected chi connectivity index (χ4v) is 3.20. The molecule has 1 aliphatic heterocycles. The normalized spacial score (nSPS) is 14.3. The molecule has 5 N–H and O–H groups in total. The van der Waals surface area contributed by atoms with Gasteiger partial charge >= 0.3 is 6.09 Å². The molecule has 2 aromatic heterocycles. The van der Waals surface area contributed by atoms with Crippen LogP contribution < -0.4 is 11.1 Å². The summed E-state index contributed by atoms with van der Waals surface area (Å²) in [4.78, 5) is 17.2. The third kappa shape index (κ3) is 4.29. The Hall–Kier alpha value is -3.61. The maximum atomic E-state index is 10.9. The molecule has 0 bridgehead atoms. The Morgan fingerprint density at radius 1 is 1.31 bits per heavy atom. The minimum Gasteiger partial charge on any atom is -0.465 e. The molecule has 0 saturated carbocycles. The second-order valence-electron chi connectivity index (χ2n) is 6.61. The number of nitrogens with two attached hydrogens (primary N) is 1. The number of nitrogens with zero attached hydrogens (tertiary/aromatic N) is 3. The smallest absolute Gasteiger partial charge is 0.410 e. The number of anilines is 2. The van der Waals surface area contributed by atoms with Gasteiger partial charge < -0.3 is 15.6 Å². The number of nitrogens with one attached hydrogen (secondary N) is 2. The van der Waals surface area contributed by atoms with Crippen LogP contribution in [0.2, 0.25) is 0 Å². The molecule has 9 nitrogen and oxygen atoms in total. The Bertz CT molecular complexity index is 1110. The molecule has 1 amide bonds. The number of rotatable bonds is 3. The van der Waals surface area contributed by atoms with E-state index in [9.17, 15) is 4.79 Å². The molecule has 0 unspecified atom stereocenters. The van der Waals surface area contributed by atoms with Crippen LogP contribution in [-0.2, 0) is 4.74 Å². The van der Waals surface area contributed by atoms with Gasteiger partial charge in [0.05, 0.1) is 30.8 Å². The third-order valence-electron chi connectivity index (χ3n) is 4.66. The van der Waals surface area contributed by atoms with Crippen molar-refractivity contribution < 1.29 is 14.6 Å². The molecule has 3 heterocycles. The molecule has 4 rings (SSSR count). The van der Waals surface area contributed by atoms with Gasteiger partial charge in [0.1, 0.15) is 5.82 Å². The van der Waals surface area contributed by atoms with E-state index in [1.165, 1.54) is 0 Å². The molecule has 29 heavy (non-hydrogen) atoms. The van der Waals surface area contributed by atoms with Gasteiger partial charge in [0.2, 0.25) is 0 Å². The summed E-state index contributed by atoms with van der Waals surface area (Å²) in [6.07, 6.45) is 0.381. The minimum absolute atomic E-state index is 0.246. The van der Waals surface area contributed by atoms with E-state index in [0.29, 0.717) is 12.4 Å². The molecule has 1 fully saturated rings. The topological polar surface area (TPSA) is 129 Å². The van der Waals surface area contributed by atoms with Gasteiger partial charge in [-0.15, -0.1) is 0 Å². The highest BCUT2D eigenvalue weighted by Crippen LogP contribution is 2.30. The molecule has 0 radical (unpaired) electrons. The van der Waals surface area contributed by atoms with Crippen LogP contribution in [-0.4, -0.2) is 64.1 Å². The van der Waals surface area contributed by atoms with Crippen molar-refractivity contribution in [2.75, 3.05) is 43.9 Å². The van der Waals surface area contributed by atoms with E-state index in [2.05, 4.69) is 37.2 Å². The first kappa shape index (κ1) is 18.7. The maximum Gasteiger partial charge on any atom is 0.410 e. The molecule has 0 spiro atoms. The zero-order chi connectivity index (χ0) is 20.2. The van der Waals surface area contributed by atoms with E-state index in [4.69, 9.17) is 15.6 Å². The number of aromatic amines is 1. The largest absolute Gasteiger partial charge is 0.465 e. The van der Waals surface area contributed by atoms with Crippen molar-refractivity contribution >= 4 is 28.6 Å². The van der Waals surface area contributed by atoms with Crippen LogP contribution in [0.5, 0.6) is 0 Å². The van der Waals surface area contributed by atoms with Crippen molar-refractivity contribution in [3.05, 3.63) is 36.0 Å². The van der Waals surface area contributed by atoms with E-state index < -0.39 is 6.09 Å². The first-order valence-electron chi connectivity index (χ1n) is 9.13. The Labute approximate surface area is 166 Å². The predicted octanol–water partition coefficient (Wildman–Crippen LogP) is 1.98. The van der Waals surface area contributed by atoms with Crippen LogP contribution in [0.3, 0.4) is 0 Å². The number of nitrogen functional groups attached to an aromatic ring is 1. The molecular formula is C20H20N6O3. The number of ether oxygens (including phenoxy) is 1. The number of fused-ring (bicyclic) bond motifs is 1. The number of aromatic nitrogens is 3.